The maximum atomic E-state index is 13.6. The van der Waals surface area contributed by atoms with Crippen molar-refractivity contribution in [1.82, 2.24) is 5.32 Å². The average molecular weight is 249 g/mol. The maximum absolute atomic E-state index is 13.6. The van der Waals surface area contributed by atoms with Gasteiger partial charge in [0.1, 0.15) is 5.76 Å². The molecule has 0 fully saturated rings. The maximum Gasteiger partial charge on any atom is 0.165 e. The first-order valence-corrected chi connectivity index (χ1v) is 5.94. The molecule has 1 aromatic heterocycles. The Hall–Kier alpha value is -1.81. The molecule has 4 heteroatoms. The first kappa shape index (κ1) is 12.6. The van der Waals surface area contributed by atoms with Gasteiger partial charge in [-0.05, 0) is 36.8 Å². The molecule has 0 saturated heterocycles. The zero-order valence-corrected chi connectivity index (χ0v) is 10.3. The Balaban J connectivity index is 1.88. The van der Waals surface area contributed by atoms with Gasteiger partial charge in [0.2, 0.25) is 0 Å². The van der Waals surface area contributed by atoms with Crippen LogP contribution in [0.4, 0.5) is 4.39 Å². The molecule has 0 saturated carbocycles. The summed E-state index contributed by atoms with van der Waals surface area (Å²) < 4.78 is 23.9. The zero-order valence-electron chi connectivity index (χ0n) is 10.3. The lowest BCUT2D eigenvalue weighted by molar-refractivity contribution is 0.321. The van der Waals surface area contributed by atoms with Crippen LogP contribution in [0.25, 0.3) is 0 Å². The van der Waals surface area contributed by atoms with Crippen molar-refractivity contribution in [3.8, 4) is 5.75 Å². The van der Waals surface area contributed by atoms with Crippen LogP contribution in [0.2, 0.25) is 0 Å². The Morgan fingerprint density at radius 3 is 2.83 bits per heavy atom. The van der Waals surface area contributed by atoms with Gasteiger partial charge in [0.05, 0.1) is 19.4 Å². The Kier molecular flexibility index (Phi) is 4.36. The SMILES string of the molecule is CCOc1ccc(CNCc2ccco2)cc1F. The van der Waals surface area contributed by atoms with Gasteiger partial charge in [0, 0.05) is 6.54 Å². The van der Waals surface area contributed by atoms with Gasteiger partial charge in [-0.3, -0.25) is 0 Å². The fraction of sp³-hybridized carbons (Fsp3) is 0.286. The predicted octanol–water partition coefficient (Wildman–Crippen LogP) is 3.11. The van der Waals surface area contributed by atoms with Crippen LogP contribution in [0.15, 0.2) is 41.0 Å². The van der Waals surface area contributed by atoms with Crippen LogP contribution in [0.3, 0.4) is 0 Å². The van der Waals surface area contributed by atoms with Crippen molar-refractivity contribution in [3.63, 3.8) is 0 Å². The minimum absolute atomic E-state index is 0.298. The molecule has 0 unspecified atom stereocenters. The molecule has 0 aliphatic heterocycles. The Morgan fingerprint density at radius 1 is 1.28 bits per heavy atom. The summed E-state index contributed by atoms with van der Waals surface area (Å²) in [5.41, 5.74) is 0.877. The number of ether oxygens (including phenoxy) is 1. The monoisotopic (exact) mass is 249 g/mol. The molecular weight excluding hydrogens is 233 g/mol. The molecule has 0 radical (unpaired) electrons. The number of halogens is 1. The molecule has 0 atom stereocenters. The number of hydrogen-bond donors (Lipinski definition) is 1. The van der Waals surface area contributed by atoms with Crippen molar-refractivity contribution in [3.05, 3.63) is 53.7 Å². The Bertz CT molecular complexity index is 483. The van der Waals surface area contributed by atoms with E-state index in [1.807, 2.05) is 25.1 Å². The summed E-state index contributed by atoms with van der Waals surface area (Å²) in [5.74, 6) is 0.836. The molecule has 0 amide bonds. The molecule has 2 aromatic rings. The molecule has 1 aromatic carbocycles. The van der Waals surface area contributed by atoms with Crippen molar-refractivity contribution in [1.29, 1.82) is 0 Å². The summed E-state index contributed by atoms with van der Waals surface area (Å²) in [6, 6.07) is 8.73. The van der Waals surface area contributed by atoms with Crippen molar-refractivity contribution >= 4 is 0 Å². The third kappa shape index (κ3) is 3.34. The zero-order chi connectivity index (χ0) is 12.8. The molecule has 18 heavy (non-hydrogen) atoms. The summed E-state index contributed by atoms with van der Waals surface area (Å²) >= 11 is 0. The van der Waals surface area contributed by atoms with E-state index >= 15 is 0 Å². The largest absolute Gasteiger partial charge is 0.491 e. The molecular formula is C14H16FNO2. The van der Waals surface area contributed by atoms with E-state index in [0.29, 0.717) is 25.4 Å². The summed E-state index contributed by atoms with van der Waals surface area (Å²) in [7, 11) is 0. The summed E-state index contributed by atoms with van der Waals surface area (Å²) in [6.07, 6.45) is 1.63. The van der Waals surface area contributed by atoms with E-state index < -0.39 is 0 Å². The van der Waals surface area contributed by atoms with E-state index in [-0.39, 0.29) is 5.82 Å². The smallest absolute Gasteiger partial charge is 0.165 e. The van der Waals surface area contributed by atoms with Crippen LogP contribution >= 0.6 is 0 Å². The van der Waals surface area contributed by atoms with Crippen molar-refractivity contribution < 1.29 is 13.5 Å². The van der Waals surface area contributed by atoms with Gasteiger partial charge >= 0.3 is 0 Å². The number of furan rings is 1. The van der Waals surface area contributed by atoms with E-state index in [9.17, 15) is 4.39 Å². The van der Waals surface area contributed by atoms with Crippen LogP contribution in [0.1, 0.15) is 18.2 Å². The predicted molar refractivity (Wildman–Crippen MR) is 66.8 cm³/mol. The highest BCUT2D eigenvalue weighted by molar-refractivity contribution is 5.29. The van der Waals surface area contributed by atoms with Gasteiger partial charge < -0.3 is 14.5 Å². The van der Waals surface area contributed by atoms with Gasteiger partial charge in [0.25, 0.3) is 0 Å². The average Bonchev–Trinajstić information content (AvgIpc) is 2.86. The van der Waals surface area contributed by atoms with Crippen LogP contribution in [0, 0.1) is 5.82 Å². The van der Waals surface area contributed by atoms with Gasteiger partial charge in [-0.1, -0.05) is 6.07 Å². The number of nitrogens with one attached hydrogen (secondary N) is 1. The fourth-order valence-electron chi connectivity index (χ4n) is 1.67. The van der Waals surface area contributed by atoms with Gasteiger partial charge in [-0.25, -0.2) is 4.39 Å². The molecule has 0 aliphatic carbocycles. The minimum atomic E-state index is -0.325. The standard InChI is InChI=1S/C14H16FNO2/c1-2-17-14-6-5-11(8-13(14)15)9-16-10-12-4-3-7-18-12/h3-8,16H,2,9-10H2,1H3. The third-order valence-electron chi connectivity index (χ3n) is 2.50. The van der Waals surface area contributed by atoms with Gasteiger partial charge in [-0.15, -0.1) is 0 Å². The second kappa shape index (κ2) is 6.21. The quantitative estimate of drug-likeness (QED) is 0.854. The Labute approximate surface area is 106 Å². The van der Waals surface area contributed by atoms with E-state index in [1.54, 1.807) is 12.3 Å². The second-order valence-corrected chi connectivity index (χ2v) is 3.88. The summed E-state index contributed by atoms with van der Waals surface area (Å²) in [5, 5.41) is 3.18. The van der Waals surface area contributed by atoms with Crippen LogP contribution in [-0.2, 0) is 13.1 Å². The molecule has 96 valence electrons. The molecule has 0 bridgehead atoms. The van der Waals surface area contributed by atoms with E-state index in [4.69, 9.17) is 9.15 Å². The molecule has 0 spiro atoms. The van der Waals surface area contributed by atoms with E-state index in [2.05, 4.69) is 5.32 Å². The first-order chi connectivity index (χ1) is 8.79. The molecule has 2 rings (SSSR count). The van der Waals surface area contributed by atoms with Gasteiger partial charge in [0.15, 0.2) is 11.6 Å². The van der Waals surface area contributed by atoms with Crippen LogP contribution in [-0.4, -0.2) is 6.61 Å². The number of benzene rings is 1. The second-order valence-electron chi connectivity index (χ2n) is 3.88. The highest BCUT2D eigenvalue weighted by atomic mass is 19.1. The topological polar surface area (TPSA) is 34.4 Å². The Morgan fingerprint density at radius 2 is 2.17 bits per heavy atom. The molecule has 1 heterocycles. The van der Waals surface area contributed by atoms with Crippen LogP contribution < -0.4 is 10.1 Å². The van der Waals surface area contributed by atoms with Crippen molar-refractivity contribution in [2.24, 2.45) is 0 Å². The summed E-state index contributed by atoms with van der Waals surface area (Å²) in [4.78, 5) is 0. The number of rotatable bonds is 6. The van der Waals surface area contributed by atoms with E-state index in [1.165, 1.54) is 6.07 Å². The fourth-order valence-corrected chi connectivity index (χ4v) is 1.67. The first-order valence-electron chi connectivity index (χ1n) is 5.94. The summed E-state index contributed by atoms with van der Waals surface area (Å²) in [6.45, 7) is 3.51. The van der Waals surface area contributed by atoms with E-state index in [0.717, 1.165) is 11.3 Å². The lowest BCUT2D eigenvalue weighted by Crippen LogP contribution is -2.12. The minimum Gasteiger partial charge on any atom is -0.491 e. The molecule has 0 aliphatic rings. The lowest BCUT2D eigenvalue weighted by Gasteiger charge is -2.07. The normalized spacial score (nSPS) is 10.6. The highest BCUT2D eigenvalue weighted by Crippen LogP contribution is 2.18. The van der Waals surface area contributed by atoms with Crippen LogP contribution in [0.5, 0.6) is 5.75 Å². The van der Waals surface area contributed by atoms with Crippen molar-refractivity contribution in [2.45, 2.75) is 20.0 Å². The van der Waals surface area contributed by atoms with Gasteiger partial charge in [-0.2, -0.15) is 0 Å². The highest BCUT2D eigenvalue weighted by Gasteiger charge is 2.04. The van der Waals surface area contributed by atoms with Crippen molar-refractivity contribution in [2.75, 3.05) is 6.61 Å². The molecule has 1 N–H and O–H groups in total. The third-order valence-corrected chi connectivity index (χ3v) is 2.50. The lowest BCUT2D eigenvalue weighted by atomic mass is 10.2. The number of hydrogen-bond acceptors (Lipinski definition) is 3. The molecule has 3 nitrogen and oxygen atoms in total.